The number of hydrogen-bond donors (Lipinski definition) is 1. The number of para-hydroxylation sites is 1. The molecule has 0 aromatic heterocycles. The van der Waals surface area contributed by atoms with Gasteiger partial charge in [0.15, 0.2) is 0 Å². The molecule has 1 N–H and O–H groups in total. The van der Waals surface area contributed by atoms with Crippen LogP contribution in [0.3, 0.4) is 0 Å². The van der Waals surface area contributed by atoms with E-state index in [1.54, 1.807) is 24.3 Å². The molecule has 6 heteroatoms. The number of benzene rings is 2. The summed E-state index contributed by atoms with van der Waals surface area (Å²) in [6.45, 7) is 0. The largest absolute Gasteiger partial charge is 0.317 e. The highest BCUT2D eigenvalue weighted by Gasteiger charge is 2.09. The molecule has 0 aliphatic carbocycles. The summed E-state index contributed by atoms with van der Waals surface area (Å²) in [7, 11) is 0. The molecule has 0 fully saturated rings. The fourth-order valence-electron chi connectivity index (χ4n) is 1.43. The van der Waals surface area contributed by atoms with Crippen LogP contribution in [0.15, 0.2) is 59.5 Å². The number of carbonyl (C=O) groups is 1. The number of nitro groups is 1. The van der Waals surface area contributed by atoms with Crippen LogP contribution in [-0.2, 0) is 0 Å². The Bertz CT molecular complexity index is 602. The lowest BCUT2D eigenvalue weighted by atomic mass is 10.3. The van der Waals surface area contributed by atoms with Gasteiger partial charge in [0.05, 0.1) is 4.92 Å². The molecule has 2 aromatic carbocycles. The van der Waals surface area contributed by atoms with Crippen LogP contribution in [0.1, 0.15) is 0 Å². The van der Waals surface area contributed by atoms with Crippen molar-refractivity contribution >= 4 is 28.4 Å². The van der Waals surface area contributed by atoms with Gasteiger partial charge in [-0.05, 0) is 30.0 Å². The van der Waals surface area contributed by atoms with Crippen molar-refractivity contribution in [3.63, 3.8) is 0 Å². The maximum Gasteiger partial charge on any atom is 0.288 e. The second-order valence-corrected chi connectivity index (χ2v) is 4.68. The van der Waals surface area contributed by atoms with Crippen LogP contribution in [0.2, 0.25) is 0 Å². The molecule has 1 amide bonds. The van der Waals surface area contributed by atoms with E-state index >= 15 is 0 Å². The number of hydrogen-bond acceptors (Lipinski definition) is 4. The molecule has 96 valence electrons. The fourth-order valence-corrected chi connectivity index (χ4v) is 2.14. The van der Waals surface area contributed by atoms with Gasteiger partial charge in [0, 0.05) is 22.7 Å². The van der Waals surface area contributed by atoms with E-state index in [4.69, 9.17) is 0 Å². The number of non-ortho nitro benzene ring substituents is 1. The molecule has 2 rings (SSSR count). The van der Waals surface area contributed by atoms with Crippen molar-refractivity contribution in [3.8, 4) is 0 Å². The Hall–Kier alpha value is -2.34. The highest BCUT2D eigenvalue weighted by molar-refractivity contribution is 8.13. The van der Waals surface area contributed by atoms with Crippen molar-refractivity contribution in [1.29, 1.82) is 0 Å². The van der Waals surface area contributed by atoms with Crippen molar-refractivity contribution in [2.45, 2.75) is 4.90 Å². The van der Waals surface area contributed by atoms with Crippen LogP contribution < -0.4 is 5.32 Å². The zero-order valence-electron chi connectivity index (χ0n) is 9.78. The maximum absolute atomic E-state index is 11.7. The second-order valence-electron chi connectivity index (χ2n) is 3.64. The van der Waals surface area contributed by atoms with E-state index in [0.29, 0.717) is 10.6 Å². The first-order chi connectivity index (χ1) is 9.15. The van der Waals surface area contributed by atoms with Gasteiger partial charge in [0.25, 0.3) is 10.9 Å². The molecule has 5 nitrogen and oxygen atoms in total. The molecule has 19 heavy (non-hydrogen) atoms. The third-order valence-corrected chi connectivity index (χ3v) is 3.04. The van der Waals surface area contributed by atoms with E-state index in [2.05, 4.69) is 5.32 Å². The van der Waals surface area contributed by atoms with E-state index in [-0.39, 0.29) is 10.9 Å². The molecule has 0 aliphatic rings. The summed E-state index contributed by atoms with van der Waals surface area (Å²) < 4.78 is 0. The summed E-state index contributed by atoms with van der Waals surface area (Å²) in [4.78, 5) is 22.4. The number of amides is 1. The molecule has 0 unspecified atom stereocenters. The average molecular weight is 274 g/mol. The van der Waals surface area contributed by atoms with Crippen LogP contribution in [-0.4, -0.2) is 10.2 Å². The predicted octanol–water partition coefficient (Wildman–Crippen LogP) is 3.92. The van der Waals surface area contributed by atoms with Crippen molar-refractivity contribution in [3.05, 3.63) is 64.7 Å². The minimum Gasteiger partial charge on any atom is -0.317 e. The van der Waals surface area contributed by atoms with E-state index in [1.165, 1.54) is 12.1 Å². The smallest absolute Gasteiger partial charge is 0.288 e. The topological polar surface area (TPSA) is 72.2 Å². The Morgan fingerprint density at radius 1 is 1.11 bits per heavy atom. The van der Waals surface area contributed by atoms with Crippen LogP contribution in [0.5, 0.6) is 0 Å². The maximum atomic E-state index is 11.7. The zero-order chi connectivity index (χ0) is 13.7. The van der Waals surface area contributed by atoms with Gasteiger partial charge in [-0.15, -0.1) is 0 Å². The Morgan fingerprint density at radius 3 is 2.53 bits per heavy atom. The summed E-state index contributed by atoms with van der Waals surface area (Å²) in [5, 5.41) is 13.0. The molecule has 0 aliphatic heterocycles. The number of thioether (sulfide) groups is 1. The number of nitrogens with zero attached hydrogens (tertiary/aromatic N) is 1. The van der Waals surface area contributed by atoms with Crippen LogP contribution in [0.4, 0.5) is 16.2 Å². The van der Waals surface area contributed by atoms with Crippen LogP contribution in [0, 0.1) is 10.1 Å². The molecule has 0 radical (unpaired) electrons. The first kappa shape index (κ1) is 13.1. The second kappa shape index (κ2) is 6.01. The third-order valence-electron chi connectivity index (χ3n) is 2.26. The number of nitro benzene ring substituents is 1. The first-order valence-corrected chi connectivity index (χ1v) is 6.25. The van der Waals surface area contributed by atoms with E-state index in [9.17, 15) is 14.9 Å². The lowest BCUT2D eigenvalue weighted by Gasteiger charge is -2.04. The van der Waals surface area contributed by atoms with Gasteiger partial charge in [-0.3, -0.25) is 14.9 Å². The third kappa shape index (κ3) is 3.82. The molecule has 0 spiro atoms. The zero-order valence-corrected chi connectivity index (χ0v) is 10.6. The number of rotatable bonds is 3. The van der Waals surface area contributed by atoms with Gasteiger partial charge < -0.3 is 5.32 Å². The van der Waals surface area contributed by atoms with Gasteiger partial charge >= 0.3 is 0 Å². The van der Waals surface area contributed by atoms with Crippen molar-refractivity contribution in [1.82, 2.24) is 0 Å². The molecule has 0 bridgehead atoms. The molecule has 2 aromatic rings. The molecule has 0 heterocycles. The van der Waals surface area contributed by atoms with Crippen LogP contribution >= 0.6 is 11.8 Å². The normalized spacial score (nSPS) is 9.89. The van der Waals surface area contributed by atoms with E-state index < -0.39 is 4.92 Å². The van der Waals surface area contributed by atoms with Crippen molar-refractivity contribution in [2.75, 3.05) is 5.32 Å². The summed E-state index contributed by atoms with van der Waals surface area (Å²) in [5.74, 6) is 0. The summed E-state index contributed by atoms with van der Waals surface area (Å²) in [6.07, 6.45) is 0. The Kier molecular flexibility index (Phi) is 4.15. The van der Waals surface area contributed by atoms with E-state index in [0.717, 1.165) is 11.8 Å². The molecule has 0 atom stereocenters. The van der Waals surface area contributed by atoms with Gasteiger partial charge in [0.1, 0.15) is 0 Å². The molecule has 0 saturated heterocycles. The Labute approximate surface area is 113 Å². The van der Waals surface area contributed by atoms with Crippen LogP contribution in [0.25, 0.3) is 0 Å². The van der Waals surface area contributed by atoms with Gasteiger partial charge in [-0.2, -0.15) is 0 Å². The fraction of sp³-hybridized carbons (Fsp3) is 0. The standard InChI is InChI=1S/C13H10N2O3S/c16-13(14-10-5-2-1-3-6-10)19-12-8-4-7-11(9-12)15(17)18/h1-9H,(H,14,16). The SMILES string of the molecule is O=C(Nc1ccccc1)Sc1cccc([N+](=O)[O-])c1. The quantitative estimate of drug-likeness (QED) is 0.523. The monoisotopic (exact) mass is 274 g/mol. The minimum absolute atomic E-state index is 0.0301. The summed E-state index contributed by atoms with van der Waals surface area (Å²) >= 11 is 0.916. The summed E-state index contributed by atoms with van der Waals surface area (Å²) in [6, 6.07) is 15.0. The minimum atomic E-state index is -0.487. The Morgan fingerprint density at radius 2 is 1.84 bits per heavy atom. The predicted molar refractivity (Wildman–Crippen MR) is 74.4 cm³/mol. The van der Waals surface area contributed by atoms with Crippen molar-refractivity contribution in [2.24, 2.45) is 0 Å². The Balaban J connectivity index is 2.03. The average Bonchev–Trinajstić information content (AvgIpc) is 2.40. The first-order valence-electron chi connectivity index (χ1n) is 5.43. The van der Waals surface area contributed by atoms with Crippen molar-refractivity contribution < 1.29 is 9.72 Å². The van der Waals surface area contributed by atoms with Gasteiger partial charge in [0.2, 0.25) is 0 Å². The highest BCUT2D eigenvalue weighted by Crippen LogP contribution is 2.24. The molecular formula is C13H10N2O3S. The number of nitrogens with one attached hydrogen (secondary N) is 1. The number of anilines is 1. The molecular weight excluding hydrogens is 264 g/mol. The van der Waals surface area contributed by atoms with E-state index in [1.807, 2.05) is 18.2 Å². The van der Waals surface area contributed by atoms with Gasteiger partial charge in [-0.1, -0.05) is 24.3 Å². The lowest BCUT2D eigenvalue weighted by molar-refractivity contribution is -0.385. The summed E-state index contributed by atoms with van der Waals surface area (Å²) in [5.41, 5.74) is 0.656. The number of carbonyl (C=O) groups excluding carboxylic acids is 1. The van der Waals surface area contributed by atoms with Gasteiger partial charge in [-0.25, -0.2) is 0 Å². The highest BCUT2D eigenvalue weighted by atomic mass is 32.2. The molecule has 0 saturated carbocycles. The lowest BCUT2D eigenvalue weighted by Crippen LogP contribution is -2.04.